The summed E-state index contributed by atoms with van der Waals surface area (Å²) in [5, 5.41) is 8.12. The highest BCUT2D eigenvalue weighted by molar-refractivity contribution is 7.94. The maximum Gasteiger partial charge on any atom is 0.271 e. The number of thiophene rings is 1. The van der Waals surface area contributed by atoms with Gasteiger partial charge in [-0.15, -0.1) is 21.5 Å². The standard InChI is InChI=1S/C18H17N3O4S2/c1-11(22)12-5-7-14(8-6-12)21-27(23,24)16-10-9-15(26-16)18-20-19-17(25-18)13-3-2-4-13/h5-10,13,21H,2-4H2,1H3. The van der Waals surface area contributed by atoms with Gasteiger partial charge in [0, 0.05) is 17.2 Å². The second-order valence-electron chi connectivity index (χ2n) is 6.43. The number of benzene rings is 1. The van der Waals surface area contributed by atoms with E-state index in [1.165, 1.54) is 19.4 Å². The third kappa shape index (κ3) is 3.65. The monoisotopic (exact) mass is 403 g/mol. The fourth-order valence-corrected chi connectivity index (χ4v) is 5.00. The van der Waals surface area contributed by atoms with Crippen LogP contribution in [0.15, 0.2) is 45.0 Å². The molecule has 0 saturated heterocycles. The molecule has 0 radical (unpaired) electrons. The molecule has 1 aliphatic carbocycles. The fraction of sp³-hybridized carbons (Fsp3) is 0.278. The van der Waals surface area contributed by atoms with E-state index in [1.807, 2.05) is 0 Å². The number of anilines is 1. The van der Waals surface area contributed by atoms with Gasteiger partial charge in [0.1, 0.15) is 4.21 Å². The van der Waals surface area contributed by atoms with Crippen LogP contribution in [0.25, 0.3) is 10.8 Å². The Hall–Kier alpha value is -2.52. The smallest absolute Gasteiger partial charge is 0.271 e. The zero-order chi connectivity index (χ0) is 19.0. The topological polar surface area (TPSA) is 102 Å². The van der Waals surface area contributed by atoms with Crippen LogP contribution in [0, 0.1) is 0 Å². The number of carbonyl (C=O) groups excluding carboxylic acids is 1. The molecular weight excluding hydrogens is 386 g/mol. The van der Waals surface area contributed by atoms with Crippen LogP contribution in [0.4, 0.5) is 5.69 Å². The lowest BCUT2D eigenvalue weighted by molar-refractivity contribution is 0.101. The first kappa shape index (κ1) is 17.9. The van der Waals surface area contributed by atoms with Crippen molar-refractivity contribution in [1.82, 2.24) is 10.2 Å². The van der Waals surface area contributed by atoms with Gasteiger partial charge >= 0.3 is 0 Å². The van der Waals surface area contributed by atoms with Gasteiger partial charge in [0.2, 0.25) is 5.89 Å². The molecule has 0 unspecified atom stereocenters. The number of aromatic nitrogens is 2. The Kier molecular flexibility index (Phi) is 4.56. The van der Waals surface area contributed by atoms with E-state index >= 15 is 0 Å². The SMILES string of the molecule is CC(=O)c1ccc(NS(=O)(=O)c2ccc(-c3nnc(C4CCC4)o3)s2)cc1. The predicted octanol–water partition coefficient (Wildman–Crippen LogP) is 4.07. The highest BCUT2D eigenvalue weighted by Crippen LogP contribution is 2.37. The van der Waals surface area contributed by atoms with Crippen molar-refractivity contribution in [2.24, 2.45) is 0 Å². The molecule has 140 valence electrons. The maximum atomic E-state index is 12.6. The molecule has 9 heteroatoms. The first-order chi connectivity index (χ1) is 12.9. The van der Waals surface area contributed by atoms with Crippen LogP contribution in [-0.4, -0.2) is 24.4 Å². The summed E-state index contributed by atoms with van der Waals surface area (Å²) in [5.74, 6) is 1.22. The third-order valence-corrected chi connectivity index (χ3v) is 7.44. The lowest BCUT2D eigenvalue weighted by Crippen LogP contribution is -2.11. The van der Waals surface area contributed by atoms with Gasteiger partial charge < -0.3 is 4.42 Å². The largest absolute Gasteiger partial charge is 0.420 e. The highest BCUT2D eigenvalue weighted by Gasteiger charge is 2.26. The average molecular weight is 403 g/mol. The molecule has 1 aromatic carbocycles. The fourth-order valence-electron chi connectivity index (χ4n) is 2.71. The predicted molar refractivity (Wildman–Crippen MR) is 101 cm³/mol. The van der Waals surface area contributed by atoms with Gasteiger partial charge in [-0.2, -0.15) is 0 Å². The van der Waals surface area contributed by atoms with Gasteiger partial charge in [0.05, 0.1) is 4.88 Å². The van der Waals surface area contributed by atoms with Gasteiger partial charge in [-0.05, 0) is 56.2 Å². The average Bonchev–Trinajstić information content (AvgIpc) is 3.22. The van der Waals surface area contributed by atoms with Gasteiger partial charge in [0.25, 0.3) is 15.9 Å². The van der Waals surface area contributed by atoms with Crippen molar-refractivity contribution in [3.05, 3.63) is 47.9 Å². The van der Waals surface area contributed by atoms with Crippen LogP contribution >= 0.6 is 11.3 Å². The van der Waals surface area contributed by atoms with Gasteiger partial charge in [-0.25, -0.2) is 8.42 Å². The molecule has 2 aromatic heterocycles. The third-order valence-electron chi connectivity index (χ3n) is 4.50. The normalized spacial score (nSPS) is 14.7. The highest BCUT2D eigenvalue weighted by atomic mass is 32.2. The first-order valence-electron chi connectivity index (χ1n) is 8.50. The molecule has 0 amide bonds. The summed E-state index contributed by atoms with van der Waals surface area (Å²) < 4.78 is 33.6. The molecule has 0 atom stereocenters. The van der Waals surface area contributed by atoms with E-state index in [0.717, 1.165) is 24.2 Å². The minimum Gasteiger partial charge on any atom is -0.420 e. The van der Waals surface area contributed by atoms with Crippen LogP contribution in [0.1, 0.15) is 48.4 Å². The van der Waals surface area contributed by atoms with Crippen LogP contribution < -0.4 is 4.72 Å². The van der Waals surface area contributed by atoms with E-state index in [4.69, 9.17) is 4.42 Å². The molecular formula is C18H17N3O4S2. The van der Waals surface area contributed by atoms with E-state index in [0.29, 0.717) is 33.8 Å². The number of Topliss-reactive ketones (excluding diaryl/α,β-unsaturated/α-hetero) is 1. The molecule has 0 aliphatic heterocycles. The van der Waals surface area contributed by atoms with Crippen LogP contribution in [0.3, 0.4) is 0 Å². The summed E-state index contributed by atoms with van der Waals surface area (Å²) >= 11 is 1.07. The summed E-state index contributed by atoms with van der Waals surface area (Å²) in [6.07, 6.45) is 3.28. The molecule has 4 rings (SSSR count). The summed E-state index contributed by atoms with van der Waals surface area (Å²) in [5.41, 5.74) is 0.912. The summed E-state index contributed by atoms with van der Waals surface area (Å²) in [6.45, 7) is 1.46. The van der Waals surface area contributed by atoms with Crippen molar-refractivity contribution in [2.75, 3.05) is 4.72 Å². The quantitative estimate of drug-likeness (QED) is 0.623. The Labute approximate surface area is 160 Å². The molecule has 0 spiro atoms. The van der Waals surface area contributed by atoms with Crippen LogP contribution in [-0.2, 0) is 10.0 Å². The Morgan fingerprint density at radius 1 is 1.15 bits per heavy atom. The molecule has 1 saturated carbocycles. The van der Waals surface area contributed by atoms with Crippen molar-refractivity contribution < 1.29 is 17.6 Å². The minimum absolute atomic E-state index is 0.0758. The van der Waals surface area contributed by atoms with Crippen molar-refractivity contribution in [1.29, 1.82) is 0 Å². The van der Waals surface area contributed by atoms with Crippen molar-refractivity contribution in [3.8, 4) is 10.8 Å². The number of nitrogens with zero attached hydrogens (tertiary/aromatic N) is 2. The number of nitrogens with one attached hydrogen (secondary N) is 1. The zero-order valence-electron chi connectivity index (χ0n) is 14.5. The molecule has 2 heterocycles. The number of rotatable bonds is 6. The van der Waals surface area contributed by atoms with E-state index in [-0.39, 0.29) is 9.99 Å². The van der Waals surface area contributed by atoms with E-state index < -0.39 is 10.0 Å². The summed E-state index contributed by atoms with van der Waals surface area (Å²) in [7, 11) is -3.74. The van der Waals surface area contributed by atoms with E-state index in [9.17, 15) is 13.2 Å². The Balaban J connectivity index is 1.52. The van der Waals surface area contributed by atoms with Crippen LogP contribution in [0.2, 0.25) is 0 Å². The second kappa shape index (κ2) is 6.90. The lowest BCUT2D eigenvalue weighted by atomic mass is 9.85. The number of hydrogen-bond donors (Lipinski definition) is 1. The van der Waals surface area contributed by atoms with E-state index in [2.05, 4.69) is 14.9 Å². The molecule has 1 aliphatic rings. The number of ketones is 1. The number of hydrogen-bond acceptors (Lipinski definition) is 7. The van der Waals surface area contributed by atoms with Gasteiger partial charge in [0.15, 0.2) is 5.78 Å². The zero-order valence-corrected chi connectivity index (χ0v) is 16.1. The van der Waals surface area contributed by atoms with Crippen molar-refractivity contribution >= 4 is 32.8 Å². The molecule has 0 bridgehead atoms. The van der Waals surface area contributed by atoms with Crippen molar-refractivity contribution in [3.63, 3.8) is 0 Å². The minimum atomic E-state index is -3.74. The maximum absolute atomic E-state index is 12.6. The Morgan fingerprint density at radius 3 is 2.52 bits per heavy atom. The molecule has 1 N–H and O–H groups in total. The lowest BCUT2D eigenvalue weighted by Gasteiger charge is -2.20. The molecule has 1 fully saturated rings. The first-order valence-corrected chi connectivity index (χ1v) is 10.8. The molecule has 3 aromatic rings. The summed E-state index contributed by atoms with van der Waals surface area (Å²) in [6, 6.07) is 9.47. The summed E-state index contributed by atoms with van der Waals surface area (Å²) in [4.78, 5) is 11.9. The number of sulfonamides is 1. The molecule has 7 nitrogen and oxygen atoms in total. The second-order valence-corrected chi connectivity index (χ2v) is 9.42. The van der Waals surface area contributed by atoms with Gasteiger partial charge in [-0.3, -0.25) is 9.52 Å². The number of carbonyl (C=O) groups is 1. The molecule has 27 heavy (non-hydrogen) atoms. The van der Waals surface area contributed by atoms with E-state index in [1.54, 1.807) is 30.3 Å². The van der Waals surface area contributed by atoms with Crippen molar-refractivity contribution in [2.45, 2.75) is 36.3 Å². The Bertz CT molecular complexity index is 1080. The Morgan fingerprint density at radius 2 is 1.89 bits per heavy atom. The van der Waals surface area contributed by atoms with Gasteiger partial charge in [-0.1, -0.05) is 6.42 Å². The van der Waals surface area contributed by atoms with Crippen LogP contribution in [0.5, 0.6) is 0 Å².